The number of hydrogen-bond donors (Lipinski definition) is 2. The molecule has 0 spiro atoms. The van der Waals surface area contributed by atoms with Crippen molar-refractivity contribution in [2.24, 2.45) is 0 Å². The van der Waals surface area contributed by atoms with Crippen molar-refractivity contribution in [2.45, 2.75) is 31.1 Å². The van der Waals surface area contributed by atoms with E-state index < -0.39 is 5.97 Å². The summed E-state index contributed by atoms with van der Waals surface area (Å²) in [4.78, 5) is 24.4. The molecule has 1 aromatic heterocycles. The Hall–Kier alpha value is -2.39. The molecule has 0 aliphatic rings. The van der Waals surface area contributed by atoms with E-state index in [0.717, 1.165) is 17.8 Å². The Kier molecular flexibility index (Phi) is 8.46. The van der Waals surface area contributed by atoms with E-state index in [0.29, 0.717) is 11.7 Å². The van der Waals surface area contributed by atoms with Gasteiger partial charge in [-0.3, -0.25) is 14.2 Å². The lowest BCUT2D eigenvalue weighted by Crippen LogP contribution is -3.06. The summed E-state index contributed by atoms with van der Waals surface area (Å²) in [6.45, 7) is 2.63. The molecule has 2 rings (SSSR count). The van der Waals surface area contributed by atoms with Gasteiger partial charge in [-0.1, -0.05) is 49.0 Å². The zero-order chi connectivity index (χ0) is 20.5. The fourth-order valence-electron chi connectivity index (χ4n) is 2.85. The second kappa shape index (κ2) is 10.8. The molecule has 0 saturated carbocycles. The molecular formula is C19H28N5O3S+. The van der Waals surface area contributed by atoms with Gasteiger partial charge in [0.1, 0.15) is 12.6 Å². The number of ether oxygens (including phenoxy) is 1. The first-order valence-corrected chi connectivity index (χ1v) is 10.2. The molecule has 28 heavy (non-hydrogen) atoms. The van der Waals surface area contributed by atoms with E-state index in [-0.39, 0.29) is 24.2 Å². The van der Waals surface area contributed by atoms with Gasteiger partial charge in [-0.25, -0.2) is 0 Å². The second-order valence-corrected chi connectivity index (χ2v) is 7.53. The van der Waals surface area contributed by atoms with Gasteiger partial charge in [0, 0.05) is 6.42 Å². The Bertz CT molecular complexity index is 779. The van der Waals surface area contributed by atoms with Crippen molar-refractivity contribution in [1.29, 1.82) is 0 Å². The Morgan fingerprint density at radius 3 is 2.57 bits per heavy atom. The number of carbonyl (C=O) groups is 2. The van der Waals surface area contributed by atoms with Crippen LogP contribution in [0.1, 0.15) is 30.8 Å². The number of benzene rings is 1. The third kappa shape index (κ3) is 6.07. The molecule has 1 aromatic carbocycles. The van der Waals surface area contributed by atoms with Crippen molar-refractivity contribution in [3.63, 3.8) is 0 Å². The topological polar surface area (TPSA) is 90.6 Å². The first-order chi connectivity index (χ1) is 13.5. The maximum atomic E-state index is 12.0. The molecule has 2 N–H and O–H groups in total. The summed E-state index contributed by atoms with van der Waals surface area (Å²) >= 11 is 1.31. The van der Waals surface area contributed by atoms with Crippen LogP contribution < -0.4 is 10.2 Å². The number of esters is 1. The summed E-state index contributed by atoms with van der Waals surface area (Å²) in [5.74, 6) is 0.322. The third-order valence-corrected chi connectivity index (χ3v) is 5.30. The molecule has 0 aliphatic heterocycles. The minimum atomic E-state index is -0.479. The van der Waals surface area contributed by atoms with Gasteiger partial charge in [-0.2, -0.15) is 0 Å². The Labute approximate surface area is 169 Å². The number of quaternary nitrogens is 1. The van der Waals surface area contributed by atoms with Crippen LogP contribution in [0.15, 0.2) is 35.5 Å². The maximum Gasteiger partial charge on any atom is 0.325 e. The van der Waals surface area contributed by atoms with Crippen molar-refractivity contribution in [3.05, 3.63) is 41.7 Å². The minimum Gasteiger partial charge on any atom is -0.468 e. The summed E-state index contributed by atoms with van der Waals surface area (Å²) in [6.07, 6.45) is 0.930. The molecule has 1 atom stereocenters. The molecule has 2 aromatic rings. The predicted molar refractivity (Wildman–Crippen MR) is 107 cm³/mol. The lowest BCUT2D eigenvalue weighted by atomic mass is 10.2. The second-order valence-electron chi connectivity index (χ2n) is 6.59. The summed E-state index contributed by atoms with van der Waals surface area (Å²) < 4.78 is 6.60. The van der Waals surface area contributed by atoms with E-state index in [9.17, 15) is 9.59 Å². The Morgan fingerprint density at radius 1 is 1.25 bits per heavy atom. The average molecular weight is 407 g/mol. The summed E-state index contributed by atoms with van der Waals surface area (Å²) in [5, 5.41) is 12.0. The quantitative estimate of drug-likeness (QED) is 0.436. The van der Waals surface area contributed by atoms with E-state index in [2.05, 4.69) is 58.0 Å². The Balaban J connectivity index is 2.17. The summed E-state index contributed by atoms with van der Waals surface area (Å²) in [5.41, 5.74) is 1.14. The number of hydrogen-bond acceptors (Lipinski definition) is 6. The molecule has 9 heteroatoms. The molecule has 0 fully saturated rings. The fraction of sp³-hybridized carbons (Fsp3) is 0.474. The highest BCUT2D eigenvalue weighted by atomic mass is 32.2. The van der Waals surface area contributed by atoms with Crippen LogP contribution >= 0.6 is 11.8 Å². The molecule has 0 bridgehead atoms. The summed E-state index contributed by atoms with van der Waals surface area (Å²) in [6, 6.07) is 10.3. The average Bonchev–Trinajstić information content (AvgIpc) is 3.07. The number of amides is 1. The van der Waals surface area contributed by atoms with Crippen molar-refractivity contribution < 1.29 is 19.2 Å². The molecule has 0 radical (unpaired) electrons. The summed E-state index contributed by atoms with van der Waals surface area (Å²) in [7, 11) is 5.49. The van der Waals surface area contributed by atoms with Crippen LogP contribution in [0.2, 0.25) is 0 Å². The van der Waals surface area contributed by atoms with E-state index >= 15 is 0 Å². The van der Waals surface area contributed by atoms with Crippen LogP contribution in [-0.4, -0.2) is 60.1 Å². The van der Waals surface area contributed by atoms with Crippen LogP contribution in [0.5, 0.6) is 0 Å². The van der Waals surface area contributed by atoms with Gasteiger partial charge in [0.2, 0.25) is 5.91 Å². The lowest BCUT2D eigenvalue weighted by molar-refractivity contribution is -0.893. The van der Waals surface area contributed by atoms with Crippen LogP contribution in [0.3, 0.4) is 0 Å². The highest BCUT2D eigenvalue weighted by Crippen LogP contribution is 2.22. The molecule has 1 amide bonds. The van der Waals surface area contributed by atoms with Crippen molar-refractivity contribution >= 4 is 23.6 Å². The minimum absolute atomic E-state index is 0.139. The van der Waals surface area contributed by atoms with Crippen molar-refractivity contribution in [1.82, 2.24) is 20.1 Å². The number of rotatable bonds is 10. The lowest BCUT2D eigenvalue weighted by Gasteiger charge is -2.20. The van der Waals surface area contributed by atoms with E-state index in [4.69, 9.17) is 0 Å². The highest BCUT2D eigenvalue weighted by Gasteiger charge is 2.25. The van der Waals surface area contributed by atoms with Crippen LogP contribution in [0.4, 0.5) is 0 Å². The van der Waals surface area contributed by atoms with Gasteiger partial charge in [0.05, 0.1) is 33.5 Å². The first-order valence-electron chi connectivity index (χ1n) is 9.19. The van der Waals surface area contributed by atoms with E-state index in [1.807, 2.05) is 18.2 Å². The van der Waals surface area contributed by atoms with Crippen LogP contribution in [-0.2, 0) is 20.9 Å². The van der Waals surface area contributed by atoms with E-state index in [1.54, 1.807) is 0 Å². The first kappa shape index (κ1) is 21.9. The molecule has 1 heterocycles. The monoisotopic (exact) mass is 406 g/mol. The van der Waals surface area contributed by atoms with E-state index in [1.165, 1.54) is 23.8 Å². The predicted octanol–water partition coefficient (Wildman–Crippen LogP) is 0.303. The number of methoxy groups -OCH3 is 1. The molecule has 0 saturated heterocycles. The molecular weight excluding hydrogens is 378 g/mol. The van der Waals surface area contributed by atoms with Crippen LogP contribution in [0, 0.1) is 0 Å². The van der Waals surface area contributed by atoms with Gasteiger partial charge in [-0.05, 0) is 5.56 Å². The molecule has 8 nitrogen and oxygen atoms in total. The zero-order valence-electron chi connectivity index (χ0n) is 16.8. The highest BCUT2D eigenvalue weighted by molar-refractivity contribution is 7.99. The van der Waals surface area contributed by atoms with Crippen LogP contribution in [0.25, 0.3) is 0 Å². The fourth-order valence-corrected chi connectivity index (χ4v) is 3.63. The number of aromatic nitrogens is 3. The number of nitrogens with one attached hydrogen (secondary N) is 2. The third-order valence-electron chi connectivity index (χ3n) is 4.34. The molecule has 0 aliphatic carbocycles. The van der Waals surface area contributed by atoms with Gasteiger partial charge in [0.15, 0.2) is 11.0 Å². The molecule has 0 unspecified atom stereocenters. The Morgan fingerprint density at radius 2 is 1.96 bits per heavy atom. The standard InChI is InChI=1S/C19H27N5O3S/c1-5-15(23(2)3)18-21-22-19(24(18)12-14-9-7-6-8-10-14)28-13-16(25)20-11-17(26)27-4/h6-10,15H,5,11-13H2,1-4H3,(H,20,25)/p+1/t15-/m1/s1. The van der Waals surface area contributed by atoms with Crippen molar-refractivity contribution in [3.8, 4) is 0 Å². The normalized spacial score (nSPS) is 12.0. The SMILES string of the molecule is CC[C@H](c1nnc(SCC(=O)NCC(=O)OC)n1Cc1ccccc1)[NH+](C)C. The van der Waals surface area contributed by atoms with Gasteiger partial charge in [-0.15, -0.1) is 10.2 Å². The van der Waals surface area contributed by atoms with Gasteiger partial charge < -0.3 is 15.0 Å². The number of nitrogens with zero attached hydrogens (tertiary/aromatic N) is 3. The smallest absolute Gasteiger partial charge is 0.325 e. The maximum absolute atomic E-state index is 12.0. The zero-order valence-corrected chi connectivity index (χ0v) is 17.6. The van der Waals surface area contributed by atoms with Crippen molar-refractivity contribution in [2.75, 3.05) is 33.5 Å². The van der Waals surface area contributed by atoms with Gasteiger partial charge >= 0.3 is 5.97 Å². The van der Waals surface area contributed by atoms with Gasteiger partial charge in [0.25, 0.3) is 0 Å². The molecule has 152 valence electrons. The number of thioether (sulfide) groups is 1. The largest absolute Gasteiger partial charge is 0.468 e. The number of carbonyl (C=O) groups excluding carboxylic acids is 2.